The molecule has 2 aromatic carbocycles. The Hall–Kier alpha value is -2.13. The van der Waals surface area contributed by atoms with Crippen molar-refractivity contribution in [2.75, 3.05) is 31.1 Å². The Balaban J connectivity index is 1.58. The van der Waals surface area contributed by atoms with Crippen molar-refractivity contribution in [1.82, 2.24) is 0 Å². The zero-order valence-corrected chi connectivity index (χ0v) is 14.9. The first-order chi connectivity index (χ1) is 11.5. The molecule has 3 rings (SSSR count). The first-order valence-corrected chi connectivity index (χ1v) is 8.78. The van der Waals surface area contributed by atoms with Crippen molar-refractivity contribution in [3.8, 4) is 0 Å². The highest BCUT2D eigenvalue weighted by Crippen LogP contribution is 2.16. The number of quaternary nitrogens is 1. The molecule has 3 heteroatoms. The van der Waals surface area contributed by atoms with Crippen LogP contribution in [-0.2, 0) is 6.54 Å². The van der Waals surface area contributed by atoms with Crippen LogP contribution in [-0.4, -0.2) is 32.0 Å². The Morgan fingerprint density at radius 2 is 1.71 bits per heavy atom. The summed E-state index contributed by atoms with van der Waals surface area (Å²) in [6, 6.07) is 14.8. The number of hydrogen-bond acceptors (Lipinski definition) is 2. The zero-order valence-electron chi connectivity index (χ0n) is 14.9. The van der Waals surface area contributed by atoms with Gasteiger partial charge >= 0.3 is 0 Å². The number of carbonyl (C=O) groups is 1. The van der Waals surface area contributed by atoms with Crippen LogP contribution in [0.15, 0.2) is 42.5 Å². The van der Waals surface area contributed by atoms with Gasteiger partial charge in [0.25, 0.3) is 0 Å². The molecule has 0 radical (unpaired) electrons. The maximum Gasteiger partial charge on any atom is 0.159 e. The number of rotatable bonds is 4. The summed E-state index contributed by atoms with van der Waals surface area (Å²) in [6.45, 7) is 11.5. The molecule has 1 heterocycles. The molecule has 0 atom stereocenters. The van der Waals surface area contributed by atoms with E-state index in [1.807, 2.05) is 12.1 Å². The predicted octanol–water partition coefficient (Wildman–Crippen LogP) is 2.41. The quantitative estimate of drug-likeness (QED) is 0.874. The topological polar surface area (TPSA) is 24.8 Å². The monoisotopic (exact) mass is 323 g/mol. The van der Waals surface area contributed by atoms with Gasteiger partial charge < -0.3 is 9.80 Å². The molecule has 0 unspecified atom stereocenters. The van der Waals surface area contributed by atoms with E-state index in [9.17, 15) is 4.79 Å². The van der Waals surface area contributed by atoms with Gasteiger partial charge in [-0.15, -0.1) is 0 Å². The van der Waals surface area contributed by atoms with Crippen LogP contribution in [0.1, 0.15) is 34.0 Å². The van der Waals surface area contributed by atoms with Crippen molar-refractivity contribution in [2.45, 2.75) is 27.3 Å². The van der Waals surface area contributed by atoms with Gasteiger partial charge in [-0.3, -0.25) is 4.79 Å². The van der Waals surface area contributed by atoms with Crippen molar-refractivity contribution in [1.29, 1.82) is 0 Å². The summed E-state index contributed by atoms with van der Waals surface area (Å²) in [5.74, 6) is 0.129. The molecule has 1 N–H and O–H groups in total. The molecule has 0 saturated carbocycles. The second kappa shape index (κ2) is 7.18. The van der Waals surface area contributed by atoms with E-state index in [2.05, 4.69) is 49.1 Å². The summed E-state index contributed by atoms with van der Waals surface area (Å²) < 4.78 is 0. The Labute approximate surface area is 144 Å². The number of carbonyl (C=O) groups excluding carboxylic acids is 1. The van der Waals surface area contributed by atoms with Crippen LogP contribution in [0.4, 0.5) is 5.69 Å². The Kier molecular flexibility index (Phi) is 5.00. The minimum atomic E-state index is 0.129. The molecular weight excluding hydrogens is 296 g/mol. The first kappa shape index (κ1) is 16.7. The summed E-state index contributed by atoms with van der Waals surface area (Å²) in [4.78, 5) is 15.5. The molecule has 2 aromatic rings. The van der Waals surface area contributed by atoms with Crippen molar-refractivity contribution >= 4 is 11.5 Å². The van der Waals surface area contributed by atoms with Gasteiger partial charge in [-0.2, -0.15) is 0 Å². The van der Waals surface area contributed by atoms with Gasteiger partial charge in [0.2, 0.25) is 0 Å². The fourth-order valence-corrected chi connectivity index (χ4v) is 3.48. The van der Waals surface area contributed by atoms with Gasteiger partial charge in [-0.05, 0) is 50.6 Å². The molecule has 126 valence electrons. The van der Waals surface area contributed by atoms with Crippen LogP contribution in [0, 0.1) is 13.8 Å². The maximum atomic E-state index is 11.4. The highest BCUT2D eigenvalue weighted by molar-refractivity contribution is 5.94. The minimum absolute atomic E-state index is 0.129. The lowest BCUT2D eigenvalue weighted by Gasteiger charge is -2.34. The number of nitrogens with zero attached hydrogens (tertiary/aromatic N) is 1. The first-order valence-electron chi connectivity index (χ1n) is 8.78. The van der Waals surface area contributed by atoms with E-state index in [0.717, 1.165) is 38.3 Å². The standard InChI is InChI=1S/C21H26N2O/c1-16-4-5-20(17(2)14-16)15-22-10-12-23(13-11-22)21-8-6-19(7-9-21)18(3)24/h4-9,14H,10-13,15H2,1-3H3/p+1. The lowest BCUT2D eigenvalue weighted by Crippen LogP contribution is -3.13. The second-order valence-corrected chi connectivity index (χ2v) is 6.95. The number of nitrogens with one attached hydrogen (secondary N) is 1. The van der Waals surface area contributed by atoms with E-state index in [0.29, 0.717) is 0 Å². The normalized spacial score (nSPS) is 15.5. The molecule has 3 nitrogen and oxygen atoms in total. The Morgan fingerprint density at radius 3 is 2.29 bits per heavy atom. The molecule has 0 bridgehead atoms. The lowest BCUT2D eigenvalue weighted by molar-refractivity contribution is -0.914. The number of aryl methyl sites for hydroxylation is 2. The molecule has 1 aliphatic heterocycles. The second-order valence-electron chi connectivity index (χ2n) is 6.95. The van der Waals surface area contributed by atoms with Crippen LogP contribution in [0.5, 0.6) is 0 Å². The summed E-state index contributed by atoms with van der Waals surface area (Å²) in [5, 5.41) is 0. The van der Waals surface area contributed by atoms with Crippen LogP contribution < -0.4 is 9.80 Å². The molecule has 1 saturated heterocycles. The zero-order chi connectivity index (χ0) is 17.1. The summed E-state index contributed by atoms with van der Waals surface area (Å²) >= 11 is 0. The summed E-state index contributed by atoms with van der Waals surface area (Å²) in [5.41, 5.74) is 6.23. The van der Waals surface area contributed by atoms with E-state index in [1.54, 1.807) is 11.8 Å². The van der Waals surface area contributed by atoms with Crippen LogP contribution in [0.3, 0.4) is 0 Å². The largest absolute Gasteiger partial charge is 0.360 e. The minimum Gasteiger partial charge on any atom is -0.360 e. The maximum absolute atomic E-state index is 11.4. The molecular formula is C21H27N2O+. The number of piperazine rings is 1. The third kappa shape index (κ3) is 3.85. The third-order valence-electron chi connectivity index (χ3n) is 5.05. The van der Waals surface area contributed by atoms with E-state index in [-0.39, 0.29) is 5.78 Å². The van der Waals surface area contributed by atoms with E-state index in [4.69, 9.17) is 0 Å². The molecule has 0 spiro atoms. The molecule has 1 aliphatic rings. The van der Waals surface area contributed by atoms with Gasteiger partial charge in [0, 0.05) is 16.8 Å². The van der Waals surface area contributed by atoms with E-state index in [1.165, 1.54) is 22.4 Å². The fourth-order valence-electron chi connectivity index (χ4n) is 3.48. The van der Waals surface area contributed by atoms with E-state index < -0.39 is 0 Å². The van der Waals surface area contributed by atoms with Crippen LogP contribution in [0.2, 0.25) is 0 Å². The van der Waals surface area contributed by atoms with Gasteiger partial charge in [-0.25, -0.2) is 0 Å². The van der Waals surface area contributed by atoms with Gasteiger partial charge in [-0.1, -0.05) is 23.8 Å². The van der Waals surface area contributed by atoms with Crippen molar-refractivity contribution < 1.29 is 9.69 Å². The van der Waals surface area contributed by atoms with E-state index >= 15 is 0 Å². The van der Waals surface area contributed by atoms with Gasteiger partial charge in [0.05, 0.1) is 26.2 Å². The summed E-state index contributed by atoms with van der Waals surface area (Å²) in [6.07, 6.45) is 0. The Bertz CT molecular complexity index is 713. The molecule has 1 fully saturated rings. The SMILES string of the molecule is CC(=O)c1ccc(N2CC[NH+](Cc3ccc(C)cc3C)CC2)cc1. The predicted molar refractivity (Wildman–Crippen MR) is 99.0 cm³/mol. The fraction of sp³-hybridized carbons (Fsp3) is 0.381. The van der Waals surface area contributed by atoms with Crippen LogP contribution in [0.25, 0.3) is 0 Å². The number of anilines is 1. The number of hydrogen-bond donors (Lipinski definition) is 1. The third-order valence-corrected chi connectivity index (χ3v) is 5.05. The molecule has 0 aromatic heterocycles. The lowest BCUT2D eigenvalue weighted by atomic mass is 10.0. The molecule has 0 aliphatic carbocycles. The van der Waals surface area contributed by atoms with Crippen molar-refractivity contribution in [2.24, 2.45) is 0 Å². The number of benzene rings is 2. The van der Waals surface area contributed by atoms with Crippen molar-refractivity contribution in [3.63, 3.8) is 0 Å². The summed E-state index contributed by atoms with van der Waals surface area (Å²) in [7, 11) is 0. The smallest absolute Gasteiger partial charge is 0.159 e. The van der Waals surface area contributed by atoms with Gasteiger partial charge in [0.1, 0.15) is 6.54 Å². The van der Waals surface area contributed by atoms with Crippen LogP contribution >= 0.6 is 0 Å². The number of ketones is 1. The number of Topliss-reactive ketones (excluding diaryl/α,β-unsaturated/α-hetero) is 1. The molecule has 24 heavy (non-hydrogen) atoms. The van der Waals surface area contributed by atoms with Crippen molar-refractivity contribution in [3.05, 3.63) is 64.7 Å². The Morgan fingerprint density at radius 1 is 1.04 bits per heavy atom. The molecule has 0 amide bonds. The average Bonchev–Trinajstić information content (AvgIpc) is 2.58. The highest BCUT2D eigenvalue weighted by Gasteiger charge is 2.21. The highest BCUT2D eigenvalue weighted by atomic mass is 16.1. The average molecular weight is 323 g/mol. The van der Waals surface area contributed by atoms with Gasteiger partial charge in [0.15, 0.2) is 5.78 Å².